The highest BCUT2D eigenvalue weighted by molar-refractivity contribution is 7.89. The van der Waals surface area contributed by atoms with Gasteiger partial charge in [-0.25, -0.2) is 17.9 Å². The molecule has 0 spiro atoms. The van der Waals surface area contributed by atoms with Crippen molar-refractivity contribution in [3.63, 3.8) is 0 Å². The first-order chi connectivity index (χ1) is 13.9. The van der Waals surface area contributed by atoms with Crippen LogP contribution in [0.25, 0.3) is 5.69 Å². The summed E-state index contributed by atoms with van der Waals surface area (Å²) in [6, 6.07) is 15.3. The lowest BCUT2D eigenvalue weighted by molar-refractivity contribution is 0.0688. The number of benzene rings is 2. The van der Waals surface area contributed by atoms with Gasteiger partial charge in [-0.3, -0.25) is 0 Å². The van der Waals surface area contributed by atoms with E-state index in [0.29, 0.717) is 17.7 Å². The van der Waals surface area contributed by atoms with Crippen LogP contribution in [0.1, 0.15) is 21.7 Å². The van der Waals surface area contributed by atoms with E-state index in [-0.39, 0.29) is 23.7 Å². The summed E-state index contributed by atoms with van der Waals surface area (Å²) in [6.45, 7) is 0.192. The predicted octanol–water partition coefficient (Wildman–Crippen LogP) is 2.33. The van der Waals surface area contributed by atoms with Gasteiger partial charge >= 0.3 is 5.97 Å². The average molecular weight is 413 g/mol. The molecule has 0 fully saturated rings. The molecule has 0 aliphatic carbocycles. The Morgan fingerprint density at radius 2 is 1.79 bits per heavy atom. The molecule has 2 aromatic carbocycles. The van der Waals surface area contributed by atoms with E-state index in [9.17, 15) is 18.3 Å². The second kappa shape index (κ2) is 7.34. The Hall–Kier alpha value is -3.17. The van der Waals surface area contributed by atoms with Crippen LogP contribution in [0, 0.1) is 0 Å². The molecule has 0 saturated carbocycles. The maximum Gasteiger partial charge on any atom is 0.356 e. The fraction of sp³-hybridized carbons (Fsp3) is 0.200. The summed E-state index contributed by atoms with van der Waals surface area (Å²) in [5, 5.41) is 13.9. The van der Waals surface area contributed by atoms with E-state index in [1.165, 1.54) is 23.5 Å². The Morgan fingerprint density at radius 3 is 2.41 bits per heavy atom. The number of aromatic nitrogens is 2. The van der Waals surface area contributed by atoms with E-state index < -0.39 is 16.0 Å². The number of rotatable bonds is 5. The summed E-state index contributed by atoms with van der Waals surface area (Å²) >= 11 is 0. The summed E-state index contributed by atoms with van der Waals surface area (Å²) in [4.78, 5) is 11.9. The fourth-order valence-corrected chi connectivity index (χ4v) is 4.86. The third-order valence-corrected chi connectivity index (χ3v) is 6.78. The van der Waals surface area contributed by atoms with E-state index in [1.54, 1.807) is 16.8 Å². The molecule has 9 heteroatoms. The average Bonchev–Trinajstić information content (AvgIpc) is 3.13. The van der Waals surface area contributed by atoms with Gasteiger partial charge in [0.15, 0.2) is 5.69 Å². The molecule has 1 aliphatic heterocycles. The zero-order valence-corrected chi connectivity index (χ0v) is 16.5. The molecule has 3 aromatic rings. The van der Waals surface area contributed by atoms with Gasteiger partial charge in [-0.1, -0.05) is 18.2 Å². The van der Waals surface area contributed by atoms with Crippen LogP contribution in [-0.2, 0) is 23.0 Å². The number of methoxy groups -OCH3 is 1. The fourth-order valence-electron chi connectivity index (χ4n) is 3.45. The van der Waals surface area contributed by atoms with Crippen molar-refractivity contribution in [3.8, 4) is 11.4 Å². The molecule has 2 heterocycles. The zero-order chi connectivity index (χ0) is 20.6. The molecule has 8 nitrogen and oxygen atoms in total. The van der Waals surface area contributed by atoms with E-state index in [4.69, 9.17) is 4.74 Å². The molecule has 0 saturated heterocycles. The number of carboxylic acid groups (broad SMARTS) is 1. The maximum atomic E-state index is 13.1. The molecular formula is C20H19N3O5S. The van der Waals surface area contributed by atoms with Crippen LogP contribution in [0.4, 0.5) is 0 Å². The molecular weight excluding hydrogens is 394 g/mol. The quantitative estimate of drug-likeness (QED) is 0.689. The standard InChI is InChI=1S/C20H19N3O5S/c1-28-15-7-9-16(10-8-15)29(26,27)22-12-11-18-17(13-22)19(20(24)25)21-23(18)14-5-3-2-4-6-14/h2-10H,11-13H2,1H3,(H,24,25). The van der Waals surface area contributed by atoms with Crippen molar-refractivity contribution in [1.29, 1.82) is 0 Å². The number of nitrogens with zero attached hydrogens (tertiary/aromatic N) is 3. The normalized spacial score (nSPS) is 14.4. The van der Waals surface area contributed by atoms with Gasteiger partial charge in [-0.15, -0.1) is 0 Å². The minimum absolute atomic E-state index is 0.0435. The van der Waals surface area contributed by atoms with Crippen molar-refractivity contribution in [2.45, 2.75) is 17.9 Å². The summed E-state index contributed by atoms with van der Waals surface area (Å²) < 4.78 is 34.1. The van der Waals surface area contributed by atoms with Crippen LogP contribution in [0.3, 0.4) is 0 Å². The number of sulfonamides is 1. The van der Waals surface area contributed by atoms with E-state index >= 15 is 0 Å². The Morgan fingerprint density at radius 1 is 1.10 bits per heavy atom. The zero-order valence-electron chi connectivity index (χ0n) is 15.6. The monoisotopic (exact) mass is 413 g/mol. The Labute approximate surface area is 168 Å². The van der Waals surface area contributed by atoms with Crippen molar-refractivity contribution < 1.29 is 23.1 Å². The molecule has 1 aromatic heterocycles. The lowest BCUT2D eigenvalue weighted by Crippen LogP contribution is -2.36. The minimum Gasteiger partial charge on any atom is -0.497 e. The van der Waals surface area contributed by atoms with E-state index in [1.807, 2.05) is 30.3 Å². The Balaban J connectivity index is 1.72. The van der Waals surface area contributed by atoms with Crippen LogP contribution in [0.5, 0.6) is 5.75 Å². The lowest BCUT2D eigenvalue weighted by Gasteiger charge is -2.27. The first kappa shape index (κ1) is 19.2. The third-order valence-electron chi connectivity index (χ3n) is 4.92. The van der Waals surface area contributed by atoms with Crippen LogP contribution in [0.2, 0.25) is 0 Å². The second-order valence-electron chi connectivity index (χ2n) is 6.59. The molecule has 0 bridgehead atoms. The van der Waals surface area contributed by atoms with Gasteiger partial charge in [0.2, 0.25) is 10.0 Å². The molecule has 0 amide bonds. The van der Waals surface area contributed by atoms with Gasteiger partial charge < -0.3 is 9.84 Å². The molecule has 0 radical (unpaired) electrons. The third kappa shape index (κ3) is 3.39. The van der Waals surface area contributed by atoms with Crippen LogP contribution in [0.15, 0.2) is 59.5 Å². The SMILES string of the molecule is COc1ccc(S(=O)(=O)N2CCc3c(c(C(=O)O)nn3-c3ccccc3)C2)cc1. The highest BCUT2D eigenvalue weighted by atomic mass is 32.2. The van der Waals surface area contributed by atoms with Crippen molar-refractivity contribution in [2.24, 2.45) is 0 Å². The number of fused-ring (bicyclic) bond motifs is 1. The Bertz CT molecular complexity index is 1150. The number of hydrogen-bond acceptors (Lipinski definition) is 5. The topological polar surface area (TPSA) is 102 Å². The first-order valence-electron chi connectivity index (χ1n) is 8.95. The van der Waals surface area contributed by atoms with Gasteiger partial charge in [-0.05, 0) is 36.4 Å². The molecule has 1 aliphatic rings. The first-order valence-corrected chi connectivity index (χ1v) is 10.4. The molecule has 0 atom stereocenters. The number of carboxylic acids is 1. The molecule has 29 heavy (non-hydrogen) atoms. The van der Waals surface area contributed by atoms with E-state index in [2.05, 4.69) is 5.10 Å². The predicted molar refractivity (Wildman–Crippen MR) is 105 cm³/mol. The largest absolute Gasteiger partial charge is 0.497 e. The van der Waals surface area contributed by atoms with Gasteiger partial charge in [0.25, 0.3) is 0 Å². The highest BCUT2D eigenvalue weighted by Crippen LogP contribution is 2.29. The van der Waals surface area contributed by atoms with Crippen molar-refractivity contribution >= 4 is 16.0 Å². The second-order valence-corrected chi connectivity index (χ2v) is 8.53. The van der Waals surface area contributed by atoms with Crippen molar-refractivity contribution in [1.82, 2.24) is 14.1 Å². The summed E-state index contributed by atoms with van der Waals surface area (Å²) in [6.07, 6.45) is 0.361. The molecule has 0 unspecified atom stereocenters. The summed E-state index contributed by atoms with van der Waals surface area (Å²) in [5.41, 5.74) is 1.75. The van der Waals surface area contributed by atoms with E-state index in [0.717, 1.165) is 11.4 Å². The number of para-hydroxylation sites is 1. The maximum absolute atomic E-state index is 13.1. The van der Waals surface area contributed by atoms with Crippen molar-refractivity contribution in [3.05, 3.63) is 71.5 Å². The van der Waals surface area contributed by atoms with Gasteiger partial charge in [0.05, 0.1) is 23.4 Å². The number of ether oxygens (including phenoxy) is 1. The summed E-state index contributed by atoms with van der Waals surface area (Å²) in [7, 11) is -2.27. The van der Waals surface area contributed by atoms with Crippen LogP contribution < -0.4 is 4.74 Å². The van der Waals surface area contributed by atoms with Crippen LogP contribution in [-0.4, -0.2) is 47.2 Å². The highest BCUT2D eigenvalue weighted by Gasteiger charge is 2.34. The summed E-state index contributed by atoms with van der Waals surface area (Å²) in [5.74, 6) is -0.623. The van der Waals surface area contributed by atoms with Gasteiger partial charge in [0, 0.05) is 25.1 Å². The molecule has 4 rings (SSSR count). The lowest BCUT2D eigenvalue weighted by atomic mass is 10.1. The Kier molecular flexibility index (Phi) is 4.85. The molecule has 150 valence electrons. The van der Waals surface area contributed by atoms with Gasteiger partial charge in [-0.2, -0.15) is 9.40 Å². The molecule has 1 N–H and O–H groups in total. The minimum atomic E-state index is -3.78. The van der Waals surface area contributed by atoms with Crippen LogP contribution >= 0.6 is 0 Å². The number of aromatic carboxylic acids is 1. The van der Waals surface area contributed by atoms with Gasteiger partial charge in [0.1, 0.15) is 5.75 Å². The van der Waals surface area contributed by atoms with Crippen molar-refractivity contribution in [2.75, 3.05) is 13.7 Å². The number of carbonyl (C=O) groups is 1. The number of hydrogen-bond donors (Lipinski definition) is 1. The smallest absolute Gasteiger partial charge is 0.356 e.